The molecule has 0 amide bonds. The number of morpholine rings is 1. The first-order valence-corrected chi connectivity index (χ1v) is 17.4. The summed E-state index contributed by atoms with van der Waals surface area (Å²) in [5.41, 5.74) is 5.20. The van der Waals surface area contributed by atoms with Crippen molar-refractivity contribution in [1.29, 1.82) is 0 Å². The van der Waals surface area contributed by atoms with E-state index in [9.17, 15) is 8.42 Å². The number of fused-ring (bicyclic) bond motifs is 2. The van der Waals surface area contributed by atoms with Crippen LogP contribution in [0.3, 0.4) is 0 Å². The topological polar surface area (TPSA) is 106 Å². The van der Waals surface area contributed by atoms with Gasteiger partial charge in [-0.2, -0.15) is 9.40 Å². The Balaban J connectivity index is 1.31. The minimum absolute atomic E-state index is 0.0421. The van der Waals surface area contributed by atoms with Gasteiger partial charge in [-0.25, -0.2) is 23.1 Å². The van der Waals surface area contributed by atoms with E-state index >= 15 is 0 Å². The third kappa shape index (κ3) is 5.31. The lowest BCUT2D eigenvalue weighted by molar-refractivity contribution is -0.0366. The van der Waals surface area contributed by atoms with Gasteiger partial charge in [-0.3, -0.25) is 4.90 Å². The molecule has 7 rings (SSSR count). The molecule has 11 nitrogen and oxygen atoms in total. The molecule has 0 aliphatic carbocycles. The van der Waals surface area contributed by atoms with E-state index in [-0.39, 0.29) is 6.23 Å². The van der Waals surface area contributed by atoms with E-state index in [1.807, 2.05) is 10.9 Å². The largest absolute Gasteiger partial charge is 0.378 e. The zero-order valence-electron chi connectivity index (χ0n) is 24.2. The second-order valence-corrected chi connectivity index (χ2v) is 14.6. The van der Waals surface area contributed by atoms with Crippen LogP contribution in [-0.2, 0) is 26.0 Å². The monoisotopic (exact) mass is 611 g/mol. The Morgan fingerprint density at radius 1 is 1.02 bits per heavy atom. The molecule has 224 valence electrons. The standard InChI is InChI=1S/C29H37N7O4S2/c1-20-23(19-33-9-11-35(12-10-33)42(2,37)38)27-28(41-20)26(31-29(32-27)34-13-16-39-17-14-34)21-6-5-7-24-22(21)18-30-36(24)25-8-3-4-15-40-25/h5-7,18,25H,3-4,8-17,19H2,1-2H3. The van der Waals surface area contributed by atoms with E-state index in [1.165, 1.54) is 16.7 Å². The second-order valence-electron chi connectivity index (χ2n) is 11.4. The number of piperazine rings is 1. The Kier molecular flexibility index (Phi) is 7.65. The fourth-order valence-corrected chi connectivity index (χ4v) is 8.20. The molecule has 0 spiro atoms. The van der Waals surface area contributed by atoms with Crippen LogP contribution in [0.25, 0.3) is 32.4 Å². The first-order chi connectivity index (χ1) is 20.4. The number of aryl methyl sites for hydroxylation is 1. The Morgan fingerprint density at radius 2 is 1.83 bits per heavy atom. The number of aromatic nitrogens is 4. The van der Waals surface area contributed by atoms with Gasteiger partial charge in [0.1, 0.15) is 0 Å². The Hall–Kier alpha value is -2.68. The van der Waals surface area contributed by atoms with Gasteiger partial charge in [0.15, 0.2) is 6.23 Å². The van der Waals surface area contributed by atoms with E-state index in [4.69, 9.17) is 24.5 Å². The molecule has 0 bridgehead atoms. The van der Waals surface area contributed by atoms with Gasteiger partial charge in [0.2, 0.25) is 16.0 Å². The summed E-state index contributed by atoms with van der Waals surface area (Å²) in [5, 5.41) is 5.85. The average molecular weight is 612 g/mol. The minimum Gasteiger partial charge on any atom is -0.378 e. The molecule has 3 saturated heterocycles. The minimum atomic E-state index is -3.17. The van der Waals surface area contributed by atoms with Gasteiger partial charge in [0.25, 0.3) is 0 Å². The molecule has 4 aromatic rings. The van der Waals surface area contributed by atoms with Gasteiger partial charge < -0.3 is 14.4 Å². The fourth-order valence-electron chi connectivity index (χ4n) is 6.26. The van der Waals surface area contributed by atoms with Crippen LogP contribution in [0.1, 0.15) is 35.9 Å². The summed E-state index contributed by atoms with van der Waals surface area (Å²) < 4.78 is 40.5. The lowest BCUT2D eigenvalue weighted by atomic mass is 10.1. The molecule has 3 aromatic heterocycles. The van der Waals surface area contributed by atoms with Crippen molar-refractivity contribution < 1.29 is 17.9 Å². The van der Waals surface area contributed by atoms with Crippen LogP contribution in [0, 0.1) is 6.92 Å². The van der Waals surface area contributed by atoms with Crippen molar-refractivity contribution in [1.82, 2.24) is 29.0 Å². The highest BCUT2D eigenvalue weighted by Crippen LogP contribution is 2.41. The number of nitrogens with zero attached hydrogens (tertiary/aromatic N) is 7. The zero-order chi connectivity index (χ0) is 28.8. The van der Waals surface area contributed by atoms with E-state index in [2.05, 4.69) is 34.9 Å². The number of hydrogen-bond donors (Lipinski definition) is 0. The summed E-state index contributed by atoms with van der Waals surface area (Å²) in [6.07, 6.45) is 6.40. The quantitative estimate of drug-likeness (QED) is 0.323. The highest BCUT2D eigenvalue weighted by Gasteiger charge is 2.27. The molecule has 0 radical (unpaired) electrons. The Morgan fingerprint density at radius 3 is 2.57 bits per heavy atom. The predicted octanol–water partition coefficient (Wildman–Crippen LogP) is 3.63. The van der Waals surface area contributed by atoms with Crippen LogP contribution >= 0.6 is 11.3 Å². The lowest BCUT2D eigenvalue weighted by Gasteiger charge is -2.33. The van der Waals surface area contributed by atoms with Crippen molar-refractivity contribution in [3.63, 3.8) is 0 Å². The highest BCUT2D eigenvalue weighted by atomic mass is 32.2. The summed E-state index contributed by atoms with van der Waals surface area (Å²) in [6.45, 7) is 8.86. The summed E-state index contributed by atoms with van der Waals surface area (Å²) >= 11 is 1.74. The third-order valence-electron chi connectivity index (χ3n) is 8.62. The molecule has 1 atom stereocenters. The zero-order valence-corrected chi connectivity index (χ0v) is 25.8. The lowest BCUT2D eigenvalue weighted by Crippen LogP contribution is -2.47. The molecule has 42 heavy (non-hydrogen) atoms. The molecule has 0 saturated carbocycles. The van der Waals surface area contributed by atoms with Crippen LogP contribution < -0.4 is 4.90 Å². The predicted molar refractivity (Wildman–Crippen MR) is 164 cm³/mol. The van der Waals surface area contributed by atoms with Crippen LogP contribution in [0.4, 0.5) is 5.95 Å². The second kappa shape index (κ2) is 11.4. The van der Waals surface area contributed by atoms with Crippen molar-refractivity contribution in [2.24, 2.45) is 0 Å². The first-order valence-electron chi connectivity index (χ1n) is 14.8. The van der Waals surface area contributed by atoms with Gasteiger partial charge in [0.05, 0.1) is 47.1 Å². The van der Waals surface area contributed by atoms with Crippen molar-refractivity contribution in [2.75, 3.05) is 70.2 Å². The Bertz CT molecular complexity index is 1700. The summed E-state index contributed by atoms with van der Waals surface area (Å²) in [6, 6.07) is 6.34. The SMILES string of the molecule is Cc1sc2c(-c3cccc4c3cnn4C3CCCCO3)nc(N3CCOCC3)nc2c1CN1CCN(S(C)(=O)=O)CC1. The number of hydrogen-bond acceptors (Lipinski definition) is 10. The summed E-state index contributed by atoms with van der Waals surface area (Å²) in [5.74, 6) is 0.724. The van der Waals surface area contributed by atoms with Crippen LogP contribution in [0.15, 0.2) is 24.4 Å². The maximum Gasteiger partial charge on any atom is 0.226 e. The molecular formula is C29H37N7O4S2. The van der Waals surface area contributed by atoms with Gasteiger partial charge in [-0.1, -0.05) is 12.1 Å². The van der Waals surface area contributed by atoms with Crippen molar-refractivity contribution in [3.05, 3.63) is 34.8 Å². The molecule has 6 heterocycles. The molecule has 0 N–H and O–H groups in total. The van der Waals surface area contributed by atoms with Crippen molar-refractivity contribution in [3.8, 4) is 11.3 Å². The van der Waals surface area contributed by atoms with Gasteiger partial charge >= 0.3 is 0 Å². The van der Waals surface area contributed by atoms with Gasteiger partial charge in [-0.15, -0.1) is 11.3 Å². The van der Waals surface area contributed by atoms with E-state index in [1.54, 1.807) is 15.6 Å². The van der Waals surface area contributed by atoms with Gasteiger partial charge in [0, 0.05) is 73.8 Å². The number of benzene rings is 1. The Labute approximate surface area is 250 Å². The van der Waals surface area contributed by atoms with E-state index in [0.717, 1.165) is 83.8 Å². The number of sulfonamides is 1. The third-order valence-corrected chi connectivity index (χ3v) is 11.1. The molecule has 13 heteroatoms. The summed E-state index contributed by atoms with van der Waals surface area (Å²) in [7, 11) is -3.17. The summed E-state index contributed by atoms with van der Waals surface area (Å²) in [4.78, 5) is 16.2. The first kappa shape index (κ1) is 28.1. The maximum absolute atomic E-state index is 12.0. The van der Waals surface area contributed by atoms with E-state index < -0.39 is 10.0 Å². The molecule has 1 unspecified atom stereocenters. The fraction of sp³-hybridized carbons (Fsp3) is 0.552. The average Bonchev–Trinajstić information content (AvgIpc) is 3.58. The number of anilines is 1. The molecule has 3 fully saturated rings. The molecule has 3 aliphatic heterocycles. The smallest absolute Gasteiger partial charge is 0.226 e. The van der Waals surface area contributed by atoms with Crippen molar-refractivity contribution in [2.45, 2.75) is 39.0 Å². The molecule has 3 aliphatic rings. The van der Waals surface area contributed by atoms with E-state index in [0.29, 0.717) is 39.4 Å². The highest BCUT2D eigenvalue weighted by molar-refractivity contribution is 7.88. The van der Waals surface area contributed by atoms with Crippen molar-refractivity contribution >= 4 is 48.4 Å². The number of thiophene rings is 1. The van der Waals surface area contributed by atoms with Gasteiger partial charge in [-0.05, 0) is 32.3 Å². The maximum atomic E-state index is 12.0. The molecular weight excluding hydrogens is 574 g/mol. The van der Waals surface area contributed by atoms with Crippen LogP contribution in [0.2, 0.25) is 0 Å². The normalized spacial score (nSPS) is 21.5. The number of ether oxygens (including phenoxy) is 2. The molecule has 1 aromatic carbocycles. The van der Waals surface area contributed by atoms with Crippen LogP contribution in [-0.4, -0.2) is 103 Å². The number of rotatable bonds is 6. The van der Waals surface area contributed by atoms with Crippen LogP contribution in [0.5, 0.6) is 0 Å².